The first-order chi connectivity index (χ1) is 10.1. The number of benzene rings is 1. The third-order valence-corrected chi connectivity index (χ3v) is 3.61. The van der Waals surface area contributed by atoms with Gasteiger partial charge in [0.05, 0.1) is 0 Å². The Kier molecular flexibility index (Phi) is 4.92. The molecule has 1 amide bonds. The Balaban J connectivity index is 1.86. The zero-order chi connectivity index (χ0) is 15.2. The van der Waals surface area contributed by atoms with E-state index in [0.717, 1.165) is 5.69 Å². The van der Waals surface area contributed by atoms with E-state index in [2.05, 4.69) is 39.4 Å². The predicted octanol–water partition coefficient (Wildman–Crippen LogP) is 1.48. The monoisotopic (exact) mass is 287 g/mol. The number of hydrogen-bond donors (Lipinski definition) is 1. The molecule has 2 aromatic rings. The lowest BCUT2D eigenvalue weighted by atomic mass is 10.2. The normalized spacial score (nSPS) is 13.5. The molecule has 1 heterocycles. The molecule has 0 aliphatic carbocycles. The average molecular weight is 287 g/mol. The van der Waals surface area contributed by atoms with Gasteiger partial charge >= 0.3 is 0 Å². The molecule has 21 heavy (non-hydrogen) atoms. The molecule has 2 rings (SSSR count). The van der Waals surface area contributed by atoms with Gasteiger partial charge in [-0.3, -0.25) is 4.79 Å². The van der Waals surface area contributed by atoms with Crippen molar-refractivity contribution in [1.29, 1.82) is 0 Å². The lowest BCUT2D eigenvalue weighted by Gasteiger charge is -2.27. The summed E-state index contributed by atoms with van der Waals surface area (Å²) in [6, 6.07) is 9.94. The summed E-state index contributed by atoms with van der Waals surface area (Å²) in [4.78, 5) is 18.1. The highest BCUT2D eigenvalue weighted by Gasteiger charge is 2.17. The Hall–Kier alpha value is -2.37. The van der Waals surface area contributed by atoms with E-state index in [9.17, 15) is 4.79 Å². The zero-order valence-electron chi connectivity index (χ0n) is 12.6. The van der Waals surface area contributed by atoms with Crippen LogP contribution in [0.1, 0.15) is 19.9 Å². The number of carbonyl (C=O) groups excluding carboxylic acids is 1. The van der Waals surface area contributed by atoms with E-state index < -0.39 is 0 Å². The highest BCUT2D eigenvalue weighted by molar-refractivity contribution is 5.79. The standard InChI is InChI=1S/C15H21N5O/c1-12(19(3)14-7-5-4-6-8-14)9-17-15(21)13(2)20-11-16-10-18-20/h4-8,10-13H,9H2,1-3H3,(H,17,21)/t12-,13+/m0/s1. The number of nitrogens with zero attached hydrogens (tertiary/aromatic N) is 4. The van der Waals surface area contributed by atoms with Crippen molar-refractivity contribution in [2.45, 2.75) is 25.9 Å². The second-order valence-electron chi connectivity index (χ2n) is 5.09. The maximum Gasteiger partial charge on any atom is 0.244 e. The van der Waals surface area contributed by atoms with Gasteiger partial charge < -0.3 is 10.2 Å². The molecule has 1 aromatic heterocycles. The molecule has 1 N–H and O–H groups in total. The second-order valence-corrected chi connectivity index (χ2v) is 5.09. The molecule has 0 radical (unpaired) electrons. The molecule has 0 spiro atoms. The smallest absolute Gasteiger partial charge is 0.244 e. The van der Waals surface area contributed by atoms with E-state index in [1.165, 1.54) is 6.33 Å². The summed E-state index contributed by atoms with van der Waals surface area (Å²) < 4.78 is 1.54. The number of likely N-dealkylation sites (N-methyl/N-ethyl adjacent to an activating group) is 1. The number of rotatable bonds is 6. The quantitative estimate of drug-likeness (QED) is 0.874. The summed E-state index contributed by atoms with van der Waals surface area (Å²) in [6.45, 7) is 4.45. The molecule has 6 heteroatoms. The van der Waals surface area contributed by atoms with Crippen LogP contribution in [0.5, 0.6) is 0 Å². The van der Waals surface area contributed by atoms with Crippen LogP contribution in [0, 0.1) is 0 Å². The average Bonchev–Trinajstić information content (AvgIpc) is 3.06. The van der Waals surface area contributed by atoms with E-state index >= 15 is 0 Å². The van der Waals surface area contributed by atoms with E-state index in [1.807, 2.05) is 25.2 Å². The van der Waals surface area contributed by atoms with Gasteiger partial charge in [0.15, 0.2) is 0 Å². The number of para-hydroxylation sites is 1. The van der Waals surface area contributed by atoms with Crippen molar-refractivity contribution in [3.8, 4) is 0 Å². The van der Waals surface area contributed by atoms with Crippen LogP contribution >= 0.6 is 0 Å². The minimum absolute atomic E-state index is 0.0613. The van der Waals surface area contributed by atoms with Gasteiger partial charge in [0.2, 0.25) is 5.91 Å². The van der Waals surface area contributed by atoms with E-state index in [0.29, 0.717) is 6.54 Å². The molecule has 0 fully saturated rings. The number of nitrogens with one attached hydrogen (secondary N) is 1. The first-order valence-electron chi connectivity index (χ1n) is 6.99. The third-order valence-electron chi connectivity index (χ3n) is 3.61. The van der Waals surface area contributed by atoms with Crippen molar-refractivity contribution in [2.75, 3.05) is 18.5 Å². The SMILES string of the molecule is C[C@H](C(=O)NC[C@H](C)N(C)c1ccccc1)n1cncn1. The van der Waals surface area contributed by atoms with Gasteiger partial charge in [-0.05, 0) is 26.0 Å². The van der Waals surface area contributed by atoms with Gasteiger partial charge in [-0.1, -0.05) is 18.2 Å². The topological polar surface area (TPSA) is 63.1 Å². The van der Waals surface area contributed by atoms with Crippen LogP contribution in [0.3, 0.4) is 0 Å². The summed E-state index contributed by atoms with van der Waals surface area (Å²) in [5, 5.41) is 6.93. The minimum Gasteiger partial charge on any atom is -0.370 e. The molecule has 112 valence electrons. The largest absolute Gasteiger partial charge is 0.370 e. The van der Waals surface area contributed by atoms with Gasteiger partial charge in [0.25, 0.3) is 0 Å². The van der Waals surface area contributed by atoms with Gasteiger partial charge in [-0.2, -0.15) is 5.10 Å². The van der Waals surface area contributed by atoms with Gasteiger partial charge in [-0.15, -0.1) is 0 Å². The first-order valence-corrected chi connectivity index (χ1v) is 6.99. The van der Waals surface area contributed by atoms with Gasteiger partial charge in [-0.25, -0.2) is 9.67 Å². The molecular weight excluding hydrogens is 266 g/mol. The van der Waals surface area contributed by atoms with E-state index in [4.69, 9.17) is 0 Å². The van der Waals surface area contributed by atoms with Crippen molar-refractivity contribution in [3.63, 3.8) is 0 Å². The van der Waals surface area contributed by atoms with Crippen molar-refractivity contribution in [1.82, 2.24) is 20.1 Å². The highest BCUT2D eigenvalue weighted by Crippen LogP contribution is 2.13. The minimum atomic E-state index is -0.360. The van der Waals surface area contributed by atoms with Crippen LogP contribution in [0.25, 0.3) is 0 Å². The van der Waals surface area contributed by atoms with Gasteiger partial charge in [0, 0.05) is 25.3 Å². The Labute approximate surface area is 124 Å². The Bertz CT molecular complexity index is 555. The Morgan fingerprint density at radius 2 is 2.05 bits per heavy atom. The lowest BCUT2D eigenvalue weighted by Crippen LogP contribution is -2.42. The zero-order valence-corrected chi connectivity index (χ0v) is 12.6. The number of carbonyl (C=O) groups is 1. The van der Waals surface area contributed by atoms with E-state index in [1.54, 1.807) is 17.9 Å². The van der Waals surface area contributed by atoms with Crippen molar-refractivity contribution in [3.05, 3.63) is 43.0 Å². The Morgan fingerprint density at radius 3 is 2.67 bits per heavy atom. The highest BCUT2D eigenvalue weighted by atomic mass is 16.2. The fourth-order valence-electron chi connectivity index (χ4n) is 1.99. The molecule has 0 aliphatic heterocycles. The molecule has 2 atom stereocenters. The van der Waals surface area contributed by atoms with Crippen molar-refractivity contribution < 1.29 is 4.79 Å². The molecule has 0 unspecified atom stereocenters. The summed E-state index contributed by atoms with van der Waals surface area (Å²) in [5.41, 5.74) is 1.13. The van der Waals surface area contributed by atoms with Crippen LogP contribution in [0.2, 0.25) is 0 Å². The molecule has 1 aromatic carbocycles. The van der Waals surface area contributed by atoms with Gasteiger partial charge in [0.1, 0.15) is 18.7 Å². The summed E-state index contributed by atoms with van der Waals surface area (Å²) >= 11 is 0. The van der Waals surface area contributed by atoms with Crippen LogP contribution in [0.15, 0.2) is 43.0 Å². The molecule has 0 saturated carbocycles. The van der Waals surface area contributed by atoms with Crippen LogP contribution in [-0.2, 0) is 4.79 Å². The van der Waals surface area contributed by atoms with E-state index in [-0.39, 0.29) is 18.0 Å². The third kappa shape index (κ3) is 3.81. The van der Waals surface area contributed by atoms with Crippen LogP contribution < -0.4 is 10.2 Å². The summed E-state index contributed by atoms with van der Waals surface area (Å²) in [7, 11) is 2.02. The fraction of sp³-hybridized carbons (Fsp3) is 0.400. The molecule has 0 bridgehead atoms. The fourth-order valence-corrected chi connectivity index (χ4v) is 1.99. The number of hydrogen-bond acceptors (Lipinski definition) is 4. The van der Waals surface area contributed by atoms with Crippen LogP contribution in [-0.4, -0.2) is 40.3 Å². The molecule has 0 saturated heterocycles. The first kappa shape index (κ1) is 15.0. The van der Waals surface area contributed by atoms with Crippen molar-refractivity contribution >= 4 is 11.6 Å². The Morgan fingerprint density at radius 1 is 1.33 bits per heavy atom. The molecule has 6 nitrogen and oxygen atoms in total. The maximum absolute atomic E-state index is 12.1. The number of aromatic nitrogens is 3. The molecule has 0 aliphatic rings. The number of amides is 1. The predicted molar refractivity (Wildman–Crippen MR) is 82.0 cm³/mol. The molecular formula is C15H21N5O. The number of anilines is 1. The van der Waals surface area contributed by atoms with Crippen molar-refractivity contribution in [2.24, 2.45) is 0 Å². The summed E-state index contributed by atoms with van der Waals surface area (Å²) in [6.07, 6.45) is 2.97. The second kappa shape index (κ2) is 6.88. The lowest BCUT2D eigenvalue weighted by molar-refractivity contribution is -0.124. The van der Waals surface area contributed by atoms with Crippen LogP contribution in [0.4, 0.5) is 5.69 Å². The maximum atomic E-state index is 12.1. The summed E-state index contributed by atoms with van der Waals surface area (Å²) in [5.74, 6) is -0.0613.